The molecule has 0 atom stereocenters. The Balaban J connectivity index is 1.73. The van der Waals surface area contributed by atoms with Gasteiger partial charge in [0, 0.05) is 5.69 Å². The van der Waals surface area contributed by atoms with E-state index in [1.165, 1.54) is 28.5 Å². The van der Waals surface area contributed by atoms with Crippen molar-refractivity contribution in [2.75, 3.05) is 12.4 Å². The van der Waals surface area contributed by atoms with E-state index in [9.17, 15) is 9.59 Å². The number of carbonyl (C=O) groups excluding carboxylic acids is 1. The minimum absolute atomic E-state index is 0.282. The molecule has 0 saturated heterocycles. The molecule has 0 aliphatic heterocycles. The molecule has 0 unspecified atom stereocenters. The van der Waals surface area contributed by atoms with Crippen LogP contribution in [-0.2, 0) is 4.74 Å². The van der Waals surface area contributed by atoms with E-state index in [1.807, 2.05) is 12.1 Å². The van der Waals surface area contributed by atoms with Gasteiger partial charge in [-0.05, 0) is 41.8 Å². The van der Waals surface area contributed by atoms with Gasteiger partial charge in [-0.25, -0.2) is 9.78 Å². The topological polar surface area (TPSA) is 85.6 Å². The monoisotopic (exact) mass is 394 g/mol. The second kappa shape index (κ2) is 7.05. The van der Waals surface area contributed by atoms with Crippen LogP contribution in [0, 0.1) is 0 Å². The first-order valence-electron chi connectivity index (χ1n) is 8.75. The van der Waals surface area contributed by atoms with Gasteiger partial charge in [0.1, 0.15) is 0 Å². The highest BCUT2D eigenvalue weighted by atomic mass is 32.1. The Labute approximate surface area is 164 Å². The summed E-state index contributed by atoms with van der Waals surface area (Å²) in [4.78, 5) is 29.4. The highest BCUT2D eigenvalue weighted by Gasteiger charge is 2.14. The molecule has 0 saturated carbocycles. The number of carbonyl (C=O) groups is 1. The molecule has 28 heavy (non-hydrogen) atoms. The SMILES string of the molecule is COC(=O)c1ccc2c(=O)n3nc(Nc4ccc(C(C)C)cc4)sc3nc2c1. The first-order valence-corrected chi connectivity index (χ1v) is 9.57. The number of aromatic nitrogens is 3. The van der Waals surface area contributed by atoms with Gasteiger partial charge < -0.3 is 10.1 Å². The zero-order valence-corrected chi connectivity index (χ0v) is 16.4. The zero-order chi connectivity index (χ0) is 19.8. The number of benzene rings is 2. The van der Waals surface area contributed by atoms with Crippen LogP contribution in [0.3, 0.4) is 0 Å². The zero-order valence-electron chi connectivity index (χ0n) is 15.6. The molecule has 0 fully saturated rings. The molecule has 7 nitrogen and oxygen atoms in total. The highest BCUT2D eigenvalue weighted by Crippen LogP contribution is 2.24. The standard InChI is InChI=1S/C20H18N4O3S/c1-11(2)12-4-7-14(8-5-12)21-19-23-24-17(25)15-9-6-13(18(26)27-3)10-16(15)22-20(24)28-19/h4-11H,1-3H3,(H,21,23). The second-order valence-corrected chi connectivity index (χ2v) is 7.60. The van der Waals surface area contributed by atoms with E-state index in [1.54, 1.807) is 18.2 Å². The van der Waals surface area contributed by atoms with Gasteiger partial charge in [-0.2, -0.15) is 4.52 Å². The summed E-state index contributed by atoms with van der Waals surface area (Å²) in [6, 6.07) is 12.8. The lowest BCUT2D eigenvalue weighted by Gasteiger charge is -2.06. The number of esters is 1. The molecule has 0 aliphatic rings. The van der Waals surface area contributed by atoms with Crippen molar-refractivity contribution in [3.63, 3.8) is 0 Å². The summed E-state index contributed by atoms with van der Waals surface area (Å²) in [7, 11) is 1.31. The second-order valence-electron chi connectivity index (χ2n) is 6.64. The summed E-state index contributed by atoms with van der Waals surface area (Å²) in [6.45, 7) is 4.29. The fourth-order valence-corrected chi connectivity index (χ4v) is 3.70. The highest BCUT2D eigenvalue weighted by molar-refractivity contribution is 7.20. The molecule has 4 rings (SSSR count). The number of ether oxygens (including phenoxy) is 1. The molecule has 0 radical (unpaired) electrons. The minimum Gasteiger partial charge on any atom is -0.465 e. The Morgan fingerprint density at radius 1 is 1.18 bits per heavy atom. The molecule has 0 spiro atoms. The molecule has 2 aromatic carbocycles. The lowest BCUT2D eigenvalue weighted by Crippen LogP contribution is -2.15. The molecule has 4 aromatic rings. The lowest BCUT2D eigenvalue weighted by atomic mass is 10.0. The Morgan fingerprint density at radius 3 is 2.61 bits per heavy atom. The molecule has 0 bridgehead atoms. The quantitative estimate of drug-likeness (QED) is 0.528. The molecular formula is C20H18N4O3S. The number of rotatable bonds is 4. The maximum atomic E-state index is 12.7. The number of anilines is 2. The van der Waals surface area contributed by atoms with Gasteiger partial charge >= 0.3 is 5.97 Å². The van der Waals surface area contributed by atoms with Crippen LogP contribution in [0.25, 0.3) is 15.9 Å². The summed E-state index contributed by atoms with van der Waals surface area (Å²) in [5.41, 5.74) is 2.63. The third kappa shape index (κ3) is 3.22. The van der Waals surface area contributed by atoms with Crippen LogP contribution < -0.4 is 10.9 Å². The Bertz CT molecular complexity index is 1240. The number of nitrogens with zero attached hydrogens (tertiary/aromatic N) is 3. The molecule has 142 valence electrons. The molecule has 1 N–H and O–H groups in total. The van der Waals surface area contributed by atoms with Crippen molar-refractivity contribution in [3.05, 3.63) is 63.9 Å². The van der Waals surface area contributed by atoms with Crippen molar-refractivity contribution < 1.29 is 9.53 Å². The van der Waals surface area contributed by atoms with Gasteiger partial charge in [0.25, 0.3) is 5.56 Å². The molecule has 2 heterocycles. The number of fused-ring (bicyclic) bond motifs is 2. The Hall–Kier alpha value is -3.26. The summed E-state index contributed by atoms with van der Waals surface area (Å²) in [5, 5.41) is 8.51. The normalized spacial score (nSPS) is 11.3. The van der Waals surface area contributed by atoms with Crippen LogP contribution >= 0.6 is 11.3 Å². The number of hydrogen-bond donors (Lipinski definition) is 1. The fourth-order valence-electron chi connectivity index (χ4n) is 2.88. The van der Waals surface area contributed by atoms with E-state index in [4.69, 9.17) is 4.74 Å². The van der Waals surface area contributed by atoms with Gasteiger partial charge in [-0.15, -0.1) is 5.10 Å². The van der Waals surface area contributed by atoms with E-state index in [-0.39, 0.29) is 5.56 Å². The van der Waals surface area contributed by atoms with E-state index >= 15 is 0 Å². The van der Waals surface area contributed by atoms with Crippen molar-refractivity contribution in [2.45, 2.75) is 19.8 Å². The summed E-state index contributed by atoms with van der Waals surface area (Å²) < 4.78 is 6.00. The van der Waals surface area contributed by atoms with Crippen molar-refractivity contribution >= 4 is 44.0 Å². The lowest BCUT2D eigenvalue weighted by molar-refractivity contribution is 0.0601. The largest absolute Gasteiger partial charge is 0.465 e. The predicted molar refractivity (Wildman–Crippen MR) is 110 cm³/mol. The molecular weight excluding hydrogens is 376 g/mol. The summed E-state index contributed by atoms with van der Waals surface area (Å²) in [6.07, 6.45) is 0. The number of nitrogens with one attached hydrogen (secondary N) is 1. The summed E-state index contributed by atoms with van der Waals surface area (Å²) >= 11 is 1.27. The van der Waals surface area contributed by atoms with Crippen molar-refractivity contribution in [1.29, 1.82) is 0 Å². The third-order valence-corrected chi connectivity index (χ3v) is 5.27. The van der Waals surface area contributed by atoms with Gasteiger partial charge in [0.05, 0.1) is 23.6 Å². The van der Waals surface area contributed by atoms with Crippen LogP contribution in [0.4, 0.5) is 10.8 Å². The van der Waals surface area contributed by atoms with Crippen molar-refractivity contribution in [2.24, 2.45) is 0 Å². The van der Waals surface area contributed by atoms with Gasteiger partial charge in [0.2, 0.25) is 10.1 Å². The minimum atomic E-state index is -0.472. The Morgan fingerprint density at radius 2 is 1.93 bits per heavy atom. The van der Waals surface area contributed by atoms with Crippen LogP contribution in [0.5, 0.6) is 0 Å². The van der Waals surface area contributed by atoms with Crippen LogP contribution in [-0.4, -0.2) is 27.7 Å². The van der Waals surface area contributed by atoms with Gasteiger partial charge in [0.15, 0.2) is 0 Å². The average molecular weight is 394 g/mol. The Kier molecular flexibility index (Phi) is 4.56. The fraction of sp³-hybridized carbons (Fsp3) is 0.200. The molecule has 0 amide bonds. The first-order chi connectivity index (χ1) is 13.5. The third-order valence-electron chi connectivity index (χ3n) is 4.45. The smallest absolute Gasteiger partial charge is 0.337 e. The molecule has 0 aliphatic carbocycles. The van der Waals surface area contributed by atoms with E-state index < -0.39 is 5.97 Å². The first kappa shape index (κ1) is 18.1. The molecule has 8 heteroatoms. The predicted octanol–water partition coefficient (Wildman–Crippen LogP) is 3.96. The van der Waals surface area contributed by atoms with Crippen LogP contribution in [0.1, 0.15) is 35.7 Å². The van der Waals surface area contributed by atoms with Crippen LogP contribution in [0.2, 0.25) is 0 Å². The maximum absolute atomic E-state index is 12.7. The summed E-state index contributed by atoms with van der Waals surface area (Å²) in [5.74, 6) is -0.0120. The van der Waals surface area contributed by atoms with E-state index in [0.717, 1.165) is 5.69 Å². The average Bonchev–Trinajstić information content (AvgIpc) is 3.10. The number of hydrogen-bond acceptors (Lipinski definition) is 7. The van der Waals surface area contributed by atoms with Crippen LogP contribution in [0.15, 0.2) is 47.3 Å². The van der Waals surface area contributed by atoms with Crippen molar-refractivity contribution in [3.8, 4) is 0 Å². The maximum Gasteiger partial charge on any atom is 0.337 e. The number of methoxy groups -OCH3 is 1. The van der Waals surface area contributed by atoms with E-state index in [2.05, 4.69) is 41.4 Å². The molecule has 2 aromatic heterocycles. The van der Waals surface area contributed by atoms with Gasteiger partial charge in [-0.1, -0.05) is 37.3 Å². The van der Waals surface area contributed by atoms with E-state index in [0.29, 0.717) is 32.5 Å². The van der Waals surface area contributed by atoms with Gasteiger partial charge in [-0.3, -0.25) is 4.79 Å². The van der Waals surface area contributed by atoms with Crippen molar-refractivity contribution in [1.82, 2.24) is 14.6 Å².